The smallest absolute Gasteiger partial charge is 0.252 e. The molecule has 0 amide bonds. The van der Waals surface area contributed by atoms with Crippen LogP contribution >= 0.6 is 0 Å². The Labute approximate surface area is 321 Å². The van der Waals surface area contributed by atoms with Gasteiger partial charge in [0.2, 0.25) is 0 Å². The number of hydrogen-bond donors (Lipinski definition) is 0. The quantitative estimate of drug-likeness (QED) is 0.168. The molecule has 8 aromatic rings. The van der Waals surface area contributed by atoms with Gasteiger partial charge in [0.05, 0.1) is 22.5 Å². The van der Waals surface area contributed by atoms with Crippen molar-refractivity contribution in [1.29, 1.82) is 10.5 Å². The van der Waals surface area contributed by atoms with Crippen LogP contribution in [0.2, 0.25) is 0 Å². The summed E-state index contributed by atoms with van der Waals surface area (Å²) in [7, 11) is 0. The van der Waals surface area contributed by atoms with Crippen molar-refractivity contribution in [2.45, 2.75) is 0 Å². The Morgan fingerprint density at radius 2 is 0.727 bits per heavy atom. The monoisotopic (exact) mass is 698 g/mol. The standard InChI is InChI=1S/C50H31BN4/c52-32-36-19-13-25-44-49(36)54(42-21-9-3-10-22-42)46-30-41(40-28-38(34-15-5-1-6-16-34)27-39(29-40)35-17-7-2-8-18-35)31-47-48(46)51(44)45-26-14-20-37(33-53)50(45)55(47)43-23-11-4-12-24-43/h1-31H. The minimum Gasteiger partial charge on any atom is -0.310 e. The van der Waals surface area contributed by atoms with E-state index in [0.717, 1.165) is 83.9 Å². The molecule has 2 aliphatic rings. The molecule has 0 bridgehead atoms. The van der Waals surface area contributed by atoms with Crippen LogP contribution in [-0.2, 0) is 0 Å². The Morgan fingerprint density at radius 1 is 0.364 bits per heavy atom. The van der Waals surface area contributed by atoms with Gasteiger partial charge in [0, 0.05) is 22.7 Å². The summed E-state index contributed by atoms with van der Waals surface area (Å²) in [4.78, 5) is 4.54. The average molecular weight is 699 g/mol. The first kappa shape index (κ1) is 32.1. The Morgan fingerprint density at radius 3 is 1.13 bits per heavy atom. The lowest BCUT2D eigenvalue weighted by molar-refractivity contribution is 1.24. The van der Waals surface area contributed by atoms with Crippen molar-refractivity contribution in [3.63, 3.8) is 0 Å². The predicted molar refractivity (Wildman–Crippen MR) is 226 cm³/mol. The van der Waals surface area contributed by atoms with Crippen LogP contribution in [0.4, 0.5) is 34.1 Å². The lowest BCUT2D eigenvalue weighted by Crippen LogP contribution is -2.61. The van der Waals surface area contributed by atoms with E-state index in [4.69, 9.17) is 0 Å². The minimum absolute atomic E-state index is 0.221. The van der Waals surface area contributed by atoms with Crippen LogP contribution in [0.3, 0.4) is 0 Å². The second-order valence-electron chi connectivity index (χ2n) is 13.9. The number of benzene rings is 8. The second-order valence-corrected chi connectivity index (χ2v) is 13.9. The summed E-state index contributed by atoms with van der Waals surface area (Å²) in [6, 6.07) is 70.3. The molecule has 55 heavy (non-hydrogen) atoms. The Bertz CT molecular complexity index is 2650. The highest BCUT2D eigenvalue weighted by molar-refractivity contribution is 7.00. The molecule has 0 aliphatic carbocycles. The van der Waals surface area contributed by atoms with E-state index in [1.54, 1.807) is 0 Å². The number of para-hydroxylation sites is 4. The Hall–Kier alpha value is -7.60. The summed E-state index contributed by atoms with van der Waals surface area (Å²) in [6.07, 6.45) is 0. The number of rotatable bonds is 5. The van der Waals surface area contributed by atoms with Gasteiger partial charge < -0.3 is 9.80 Å². The van der Waals surface area contributed by atoms with Crippen LogP contribution in [-0.4, -0.2) is 6.71 Å². The van der Waals surface area contributed by atoms with E-state index >= 15 is 0 Å². The molecule has 0 spiro atoms. The molecule has 0 saturated carbocycles. The van der Waals surface area contributed by atoms with E-state index < -0.39 is 0 Å². The first-order valence-corrected chi connectivity index (χ1v) is 18.4. The van der Waals surface area contributed by atoms with Crippen LogP contribution in [0.5, 0.6) is 0 Å². The van der Waals surface area contributed by atoms with Gasteiger partial charge in [-0.05, 0) is 116 Å². The highest BCUT2D eigenvalue weighted by Crippen LogP contribution is 2.47. The lowest BCUT2D eigenvalue weighted by Gasteiger charge is -2.44. The Balaban J connectivity index is 1.34. The topological polar surface area (TPSA) is 54.1 Å². The van der Waals surface area contributed by atoms with Crippen molar-refractivity contribution in [1.82, 2.24) is 0 Å². The zero-order valence-electron chi connectivity index (χ0n) is 29.8. The van der Waals surface area contributed by atoms with E-state index in [-0.39, 0.29) is 6.71 Å². The number of hydrogen-bond acceptors (Lipinski definition) is 4. The summed E-state index contributed by atoms with van der Waals surface area (Å²) in [6.45, 7) is -0.221. The van der Waals surface area contributed by atoms with E-state index in [0.29, 0.717) is 11.1 Å². The summed E-state index contributed by atoms with van der Waals surface area (Å²) < 4.78 is 0. The number of fused-ring (bicyclic) bond motifs is 4. The van der Waals surface area contributed by atoms with E-state index in [9.17, 15) is 10.5 Å². The minimum atomic E-state index is -0.221. The van der Waals surface area contributed by atoms with Crippen molar-refractivity contribution >= 4 is 57.2 Å². The summed E-state index contributed by atoms with van der Waals surface area (Å²) in [5.41, 5.74) is 16.7. The zero-order chi connectivity index (χ0) is 36.9. The normalized spacial score (nSPS) is 12.2. The van der Waals surface area contributed by atoms with Gasteiger partial charge in [0.15, 0.2) is 0 Å². The SMILES string of the molecule is N#Cc1cccc2c1N(c1ccccc1)c1cc(-c3cc(-c4ccccc4)cc(-c4ccccc4)c3)cc3c1B2c1cccc(C#N)c1N3c1ccccc1. The molecule has 0 fully saturated rings. The van der Waals surface area contributed by atoms with Gasteiger partial charge in [-0.15, -0.1) is 0 Å². The third kappa shape index (κ3) is 5.22. The van der Waals surface area contributed by atoms with Crippen LogP contribution in [0.25, 0.3) is 33.4 Å². The number of anilines is 6. The molecular formula is C50H31BN4. The van der Waals surface area contributed by atoms with E-state index in [1.807, 2.05) is 72.8 Å². The molecule has 0 aromatic heterocycles. The molecule has 0 saturated heterocycles. The molecule has 2 heterocycles. The molecule has 2 aliphatic heterocycles. The highest BCUT2D eigenvalue weighted by Gasteiger charge is 2.45. The molecular weight excluding hydrogens is 667 g/mol. The largest absolute Gasteiger partial charge is 0.310 e. The predicted octanol–water partition coefficient (Wildman–Crippen LogP) is 10.5. The maximum Gasteiger partial charge on any atom is 0.252 e. The van der Waals surface area contributed by atoms with Crippen molar-refractivity contribution in [3.05, 3.63) is 199 Å². The first-order chi connectivity index (χ1) is 27.2. The van der Waals surface area contributed by atoms with E-state index in [2.05, 4.69) is 137 Å². The fourth-order valence-electron chi connectivity index (χ4n) is 8.52. The van der Waals surface area contributed by atoms with Gasteiger partial charge in [-0.3, -0.25) is 0 Å². The Kier molecular flexibility index (Phi) is 7.65. The number of nitriles is 2. The van der Waals surface area contributed by atoms with Crippen LogP contribution < -0.4 is 26.2 Å². The molecule has 10 rings (SSSR count). The first-order valence-electron chi connectivity index (χ1n) is 18.4. The molecule has 254 valence electrons. The fraction of sp³-hybridized carbons (Fsp3) is 0. The lowest BCUT2D eigenvalue weighted by atomic mass is 9.33. The molecule has 0 atom stereocenters. The van der Waals surface area contributed by atoms with Crippen molar-refractivity contribution < 1.29 is 0 Å². The van der Waals surface area contributed by atoms with Gasteiger partial charge in [0.25, 0.3) is 6.71 Å². The van der Waals surface area contributed by atoms with Crippen molar-refractivity contribution in [2.75, 3.05) is 9.80 Å². The number of nitrogens with zero attached hydrogens (tertiary/aromatic N) is 4. The molecule has 0 unspecified atom stereocenters. The molecule has 8 aromatic carbocycles. The third-order valence-corrected chi connectivity index (χ3v) is 10.9. The average Bonchev–Trinajstić information content (AvgIpc) is 3.26. The van der Waals surface area contributed by atoms with Crippen LogP contribution in [0.1, 0.15) is 11.1 Å². The maximum atomic E-state index is 10.7. The molecule has 4 nitrogen and oxygen atoms in total. The molecule has 0 N–H and O–H groups in total. The van der Waals surface area contributed by atoms with Gasteiger partial charge in [-0.2, -0.15) is 10.5 Å². The molecule has 5 heteroatoms. The fourth-order valence-corrected chi connectivity index (χ4v) is 8.52. The maximum absolute atomic E-state index is 10.7. The van der Waals surface area contributed by atoms with E-state index in [1.165, 1.54) is 0 Å². The summed E-state index contributed by atoms with van der Waals surface area (Å²) in [5, 5.41) is 21.4. The van der Waals surface area contributed by atoms with Gasteiger partial charge in [-0.1, -0.05) is 121 Å². The van der Waals surface area contributed by atoms with Gasteiger partial charge in [-0.25, -0.2) is 0 Å². The van der Waals surface area contributed by atoms with Crippen LogP contribution in [0, 0.1) is 22.7 Å². The van der Waals surface area contributed by atoms with Gasteiger partial charge in [0.1, 0.15) is 12.1 Å². The van der Waals surface area contributed by atoms with Crippen LogP contribution in [0.15, 0.2) is 188 Å². The second kappa shape index (κ2) is 13.1. The third-order valence-electron chi connectivity index (χ3n) is 10.9. The van der Waals surface area contributed by atoms with Crippen molar-refractivity contribution in [2.24, 2.45) is 0 Å². The summed E-state index contributed by atoms with van der Waals surface area (Å²) >= 11 is 0. The summed E-state index contributed by atoms with van der Waals surface area (Å²) in [5.74, 6) is 0. The van der Waals surface area contributed by atoms with Crippen molar-refractivity contribution in [3.8, 4) is 45.5 Å². The van der Waals surface area contributed by atoms with Gasteiger partial charge >= 0.3 is 0 Å². The zero-order valence-corrected chi connectivity index (χ0v) is 29.8. The highest BCUT2D eigenvalue weighted by atomic mass is 15.2. The molecule has 0 radical (unpaired) electrons.